The fourth-order valence-electron chi connectivity index (χ4n) is 1.71. The summed E-state index contributed by atoms with van der Waals surface area (Å²) in [6.45, 7) is 1.30. The van der Waals surface area contributed by atoms with Gasteiger partial charge in [0.05, 0.1) is 0 Å². The van der Waals surface area contributed by atoms with Crippen molar-refractivity contribution in [2.75, 3.05) is 33.0 Å². The maximum Gasteiger partial charge on any atom is 0.321 e. The van der Waals surface area contributed by atoms with E-state index in [0.29, 0.717) is 13.0 Å². The van der Waals surface area contributed by atoms with Gasteiger partial charge in [0.15, 0.2) is 0 Å². The van der Waals surface area contributed by atoms with Gasteiger partial charge in [-0.1, -0.05) is 12.1 Å². The number of rotatable bonds is 7. The van der Waals surface area contributed by atoms with E-state index in [1.165, 1.54) is 4.90 Å². The molecular weight excluding hydrogens is 304 g/mol. The minimum Gasteiger partial charge on any atom is -0.352 e. The Bertz CT molecular complexity index is 480. The highest BCUT2D eigenvalue weighted by atomic mass is 35.5. The molecule has 1 rings (SSSR count). The SMILES string of the molecule is CNCCCC(=O)NCc1cccc(NC(=O)N(C)C)c1.Cl. The van der Waals surface area contributed by atoms with E-state index in [4.69, 9.17) is 0 Å². The summed E-state index contributed by atoms with van der Waals surface area (Å²) in [6, 6.07) is 7.27. The van der Waals surface area contributed by atoms with Crippen LogP contribution >= 0.6 is 12.4 Å². The van der Waals surface area contributed by atoms with Gasteiger partial charge < -0.3 is 20.9 Å². The number of nitrogens with one attached hydrogen (secondary N) is 3. The van der Waals surface area contributed by atoms with Crippen molar-refractivity contribution in [3.05, 3.63) is 29.8 Å². The van der Waals surface area contributed by atoms with E-state index < -0.39 is 0 Å². The summed E-state index contributed by atoms with van der Waals surface area (Å²) >= 11 is 0. The zero-order valence-corrected chi connectivity index (χ0v) is 14.1. The van der Waals surface area contributed by atoms with Crippen molar-refractivity contribution in [1.29, 1.82) is 0 Å². The molecular formula is C15H25ClN4O2. The van der Waals surface area contributed by atoms with Crippen molar-refractivity contribution in [1.82, 2.24) is 15.5 Å². The summed E-state index contributed by atoms with van der Waals surface area (Å²) in [7, 11) is 5.24. The molecule has 0 bridgehead atoms. The molecule has 0 aliphatic heterocycles. The Morgan fingerprint density at radius 2 is 1.95 bits per heavy atom. The Hall–Kier alpha value is -1.79. The molecule has 1 aromatic rings. The minimum absolute atomic E-state index is 0. The highest BCUT2D eigenvalue weighted by Gasteiger charge is 2.05. The van der Waals surface area contributed by atoms with Crippen molar-refractivity contribution in [2.24, 2.45) is 0 Å². The Morgan fingerprint density at radius 3 is 2.59 bits per heavy atom. The standard InChI is InChI=1S/C15H24N4O2.ClH/c1-16-9-5-8-14(20)17-11-12-6-4-7-13(10-12)18-15(21)19(2)3;/h4,6-7,10,16H,5,8-9,11H2,1-3H3,(H,17,20)(H,18,21);1H. The predicted molar refractivity (Wildman–Crippen MR) is 91.4 cm³/mol. The fraction of sp³-hybridized carbons (Fsp3) is 0.467. The molecule has 0 spiro atoms. The van der Waals surface area contributed by atoms with Crippen LogP contribution in [0.15, 0.2) is 24.3 Å². The summed E-state index contributed by atoms with van der Waals surface area (Å²) in [4.78, 5) is 24.7. The summed E-state index contributed by atoms with van der Waals surface area (Å²) in [5, 5.41) is 8.66. The lowest BCUT2D eigenvalue weighted by Gasteiger charge is -2.13. The lowest BCUT2D eigenvalue weighted by Crippen LogP contribution is -2.27. The molecule has 0 atom stereocenters. The number of carbonyl (C=O) groups is 2. The van der Waals surface area contributed by atoms with E-state index in [1.807, 2.05) is 31.3 Å². The van der Waals surface area contributed by atoms with Crippen molar-refractivity contribution in [2.45, 2.75) is 19.4 Å². The molecule has 0 aliphatic carbocycles. The molecule has 1 aromatic carbocycles. The molecule has 0 aliphatic rings. The maximum absolute atomic E-state index is 11.6. The lowest BCUT2D eigenvalue weighted by atomic mass is 10.2. The zero-order valence-electron chi connectivity index (χ0n) is 13.3. The number of anilines is 1. The quantitative estimate of drug-likeness (QED) is 0.668. The number of hydrogen-bond acceptors (Lipinski definition) is 3. The van der Waals surface area contributed by atoms with Gasteiger partial charge >= 0.3 is 6.03 Å². The molecule has 3 N–H and O–H groups in total. The van der Waals surface area contributed by atoms with Crippen LogP contribution in [-0.2, 0) is 11.3 Å². The molecule has 0 unspecified atom stereocenters. The van der Waals surface area contributed by atoms with Crippen molar-refractivity contribution >= 4 is 30.0 Å². The molecule has 0 aromatic heterocycles. The van der Waals surface area contributed by atoms with Gasteiger partial charge in [-0.15, -0.1) is 12.4 Å². The number of hydrogen-bond donors (Lipinski definition) is 3. The Balaban J connectivity index is 0.00000441. The van der Waals surface area contributed by atoms with Gasteiger partial charge in [0.25, 0.3) is 0 Å². The summed E-state index contributed by atoms with van der Waals surface area (Å²) < 4.78 is 0. The van der Waals surface area contributed by atoms with Crippen LogP contribution < -0.4 is 16.0 Å². The molecule has 6 nitrogen and oxygen atoms in total. The number of urea groups is 1. The molecule has 3 amide bonds. The van der Waals surface area contributed by atoms with Crippen LogP contribution in [0.3, 0.4) is 0 Å². The monoisotopic (exact) mass is 328 g/mol. The summed E-state index contributed by atoms with van der Waals surface area (Å²) in [5.41, 5.74) is 1.67. The van der Waals surface area contributed by atoms with Crippen LogP contribution in [0.5, 0.6) is 0 Å². The van der Waals surface area contributed by atoms with Crippen LogP contribution in [0, 0.1) is 0 Å². The second-order valence-electron chi connectivity index (χ2n) is 5.01. The second kappa shape index (κ2) is 10.9. The van der Waals surface area contributed by atoms with Crippen LogP contribution in [0.25, 0.3) is 0 Å². The van der Waals surface area contributed by atoms with E-state index in [9.17, 15) is 9.59 Å². The van der Waals surface area contributed by atoms with Crippen LogP contribution in [0.4, 0.5) is 10.5 Å². The first-order valence-corrected chi connectivity index (χ1v) is 7.01. The van der Waals surface area contributed by atoms with Gasteiger partial charge in [-0.25, -0.2) is 4.79 Å². The first-order chi connectivity index (χ1) is 10.0. The molecule has 0 saturated heterocycles. The first-order valence-electron chi connectivity index (χ1n) is 7.01. The normalized spacial score (nSPS) is 9.59. The number of amides is 3. The average molecular weight is 329 g/mol. The van der Waals surface area contributed by atoms with Crippen molar-refractivity contribution in [3.8, 4) is 0 Å². The van der Waals surface area contributed by atoms with Gasteiger partial charge in [-0.05, 0) is 37.7 Å². The number of carbonyl (C=O) groups excluding carboxylic acids is 2. The summed E-state index contributed by atoms with van der Waals surface area (Å²) in [5.74, 6) is 0.0352. The van der Waals surface area contributed by atoms with Gasteiger partial charge in [0.2, 0.25) is 5.91 Å². The lowest BCUT2D eigenvalue weighted by molar-refractivity contribution is -0.121. The fourth-order valence-corrected chi connectivity index (χ4v) is 1.71. The third kappa shape index (κ3) is 7.85. The zero-order chi connectivity index (χ0) is 15.7. The third-order valence-corrected chi connectivity index (χ3v) is 2.90. The minimum atomic E-state index is -0.178. The first kappa shape index (κ1) is 20.2. The van der Waals surface area contributed by atoms with Gasteiger partial charge in [0, 0.05) is 32.7 Å². The van der Waals surface area contributed by atoms with E-state index >= 15 is 0 Å². The van der Waals surface area contributed by atoms with E-state index in [2.05, 4.69) is 16.0 Å². The van der Waals surface area contributed by atoms with Gasteiger partial charge in [-0.2, -0.15) is 0 Å². The summed E-state index contributed by atoms with van der Waals surface area (Å²) in [6.07, 6.45) is 1.33. The molecule has 22 heavy (non-hydrogen) atoms. The number of benzene rings is 1. The van der Waals surface area contributed by atoms with Crippen LogP contribution in [-0.4, -0.2) is 44.5 Å². The van der Waals surface area contributed by atoms with Crippen LogP contribution in [0.2, 0.25) is 0 Å². The largest absolute Gasteiger partial charge is 0.352 e. The van der Waals surface area contributed by atoms with Gasteiger partial charge in [-0.3, -0.25) is 4.79 Å². The molecule has 0 heterocycles. The molecule has 0 fully saturated rings. The van der Waals surface area contributed by atoms with Crippen LogP contribution in [0.1, 0.15) is 18.4 Å². The highest BCUT2D eigenvalue weighted by molar-refractivity contribution is 5.89. The predicted octanol–water partition coefficient (Wildman–Crippen LogP) is 1.82. The average Bonchev–Trinajstić information content (AvgIpc) is 2.45. The highest BCUT2D eigenvalue weighted by Crippen LogP contribution is 2.11. The smallest absolute Gasteiger partial charge is 0.321 e. The van der Waals surface area contributed by atoms with E-state index in [0.717, 1.165) is 24.2 Å². The molecule has 7 heteroatoms. The van der Waals surface area contributed by atoms with E-state index in [1.54, 1.807) is 14.1 Å². The second-order valence-corrected chi connectivity index (χ2v) is 5.01. The molecule has 124 valence electrons. The van der Waals surface area contributed by atoms with Crippen molar-refractivity contribution in [3.63, 3.8) is 0 Å². The number of nitrogens with zero attached hydrogens (tertiary/aromatic N) is 1. The van der Waals surface area contributed by atoms with Crippen molar-refractivity contribution < 1.29 is 9.59 Å². The third-order valence-electron chi connectivity index (χ3n) is 2.90. The Morgan fingerprint density at radius 1 is 1.23 bits per heavy atom. The van der Waals surface area contributed by atoms with Gasteiger partial charge in [0.1, 0.15) is 0 Å². The molecule has 0 saturated carbocycles. The topological polar surface area (TPSA) is 73.5 Å². The number of halogens is 1. The maximum atomic E-state index is 11.6. The Labute approximate surface area is 138 Å². The Kier molecular flexibility index (Phi) is 9.98. The molecule has 0 radical (unpaired) electrons. The van der Waals surface area contributed by atoms with E-state index in [-0.39, 0.29) is 24.3 Å².